The Hall–Kier alpha value is -9.20. The summed E-state index contributed by atoms with van der Waals surface area (Å²) < 4.78 is 9.16. The van der Waals surface area contributed by atoms with Crippen molar-refractivity contribution in [3.05, 3.63) is 242 Å². The average molecular weight is 885 g/mol. The fraction of sp³-hybridized carbons (Fsp3) is 0.0323. The molecule has 2 atom stereocenters. The van der Waals surface area contributed by atoms with Crippen molar-refractivity contribution in [2.75, 3.05) is 4.90 Å². The summed E-state index contributed by atoms with van der Waals surface area (Å²) in [6.07, 6.45) is 14.5. The number of benzene rings is 6. The van der Waals surface area contributed by atoms with Crippen LogP contribution in [0.1, 0.15) is 17.2 Å². The molecule has 14 rings (SSSR count). The van der Waals surface area contributed by atoms with Gasteiger partial charge in [0.15, 0.2) is 0 Å². The first-order valence-corrected chi connectivity index (χ1v) is 23.3. The summed E-state index contributed by atoms with van der Waals surface area (Å²) in [5, 5.41) is 3.24. The van der Waals surface area contributed by atoms with Gasteiger partial charge in [0, 0.05) is 74.9 Å². The summed E-state index contributed by atoms with van der Waals surface area (Å²) in [6, 6.07) is 66.2. The van der Waals surface area contributed by atoms with Crippen molar-refractivity contribution in [1.82, 2.24) is 24.5 Å². The lowest BCUT2D eigenvalue weighted by atomic mass is 9.86. The number of anilines is 2. The summed E-state index contributed by atoms with van der Waals surface area (Å²) in [5.74, 6) is 0.0648. The van der Waals surface area contributed by atoms with E-state index in [1.54, 1.807) is 0 Å². The van der Waals surface area contributed by atoms with Gasteiger partial charge in [-0.25, -0.2) is 0 Å². The topological polar surface area (TPSA) is 72.9 Å². The van der Waals surface area contributed by atoms with Gasteiger partial charge < -0.3 is 13.9 Å². The lowest BCUT2D eigenvalue weighted by Crippen LogP contribution is -2.29. The number of fused-ring (bicyclic) bond motifs is 9. The number of para-hydroxylation sites is 1. The number of nitrogens with zero attached hydrogens (tertiary/aromatic N) is 6. The Balaban J connectivity index is 0.833. The molecule has 324 valence electrons. The van der Waals surface area contributed by atoms with Gasteiger partial charge in [-0.15, -0.1) is 0 Å². The SMILES string of the molecule is C1=CC2C(C=C1c1ccccc1-c1ccccn1)c1ncccc1N2c1ccc2oc3c(-c4cccc(-n5c6ccc(-c7ccccc7-c7ccccn7)cc6c6ncccc65)c4)cccc3c2c1. The van der Waals surface area contributed by atoms with E-state index in [4.69, 9.17) is 19.4 Å². The second-order valence-corrected chi connectivity index (χ2v) is 17.7. The molecule has 7 heteroatoms. The fourth-order valence-corrected chi connectivity index (χ4v) is 10.9. The quantitative estimate of drug-likeness (QED) is 0.159. The van der Waals surface area contributed by atoms with Crippen LogP contribution in [0.4, 0.5) is 11.4 Å². The first kappa shape index (κ1) is 39.0. The minimum absolute atomic E-state index is 0.0552. The average Bonchev–Trinajstić information content (AvgIpc) is 4.08. The molecule has 0 fully saturated rings. The van der Waals surface area contributed by atoms with Gasteiger partial charge in [-0.1, -0.05) is 115 Å². The van der Waals surface area contributed by atoms with E-state index >= 15 is 0 Å². The molecule has 1 aliphatic heterocycles. The number of aromatic nitrogens is 5. The monoisotopic (exact) mass is 884 g/mol. The zero-order valence-corrected chi connectivity index (χ0v) is 37.2. The highest BCUT2D eigenvalue weighted by Crippen LogP contribution is 2.50. The van der Waals surface area contributed by atoms with Crippen LogP contribution in [0.25, 0.3) is 99.9 Å². The molecule has 0 saturated heterocycles. The third kappa shape index (κ3) is 6.28. The standard InChI is InChI=1S/C62H40N6O/c1-3-17-47(53-21-5-7-31-63-53)44(15-1)40-25-28-55-51(36-40)60-57(23-11-33-65-60)67(55)42-14-9-13-39(35-42)46-19-10-20-49-50-38-43(27-30-59(50)69-62(46)49)68-56-29-26-41(37-52(56)61-58(68)24-12-34-66-61)45-16-2-4-18-48(45)54-22-6-8-32-64-54/h1-38,52,56H. The van der Waals surface area contributed by atoms with Gasteiger partial charge in [0.25, 0.3) is 0 Å². The van der Waals surface area contributed by atoms with Crippen molar-refractivity contribution >= 4 is 60.8 Å². The molecule has 6 aromatic heterocycles. The van der Waals surface area contributed by atoms with E-state index < -0.39 is 0 Å². The summed E-state index contributed by atoms with van der Waals surface area (Å²) >= 11 is 0. The van der Waals surface area contributed by atoms with Gasteiger partial charge in [0.2, 0.25) is 0 Å². The summed E-state index contributed by atoms with van der Waals surface area (Å²) in [4.78, 5) is 21.8. The van der Waals surface area contributed by atoms with Crippen molar-refractivity contribution in [3.8, 4) is 50.5 Å². The molecule has 0 spiro atoms. The molecule has 1 aliphatic carbocycles. The molecular weight excluding hydrogens is 845 g/mol. The highest BCUT2D eigenvalue weighted by Gasteiger charge is 2.40. The first-order chi connectivity index (χ1) is 34.2. The molecular formula is C62H40N6O. The van der Waals surface area contributed by atoms with Crippen LogP contribution >= 0.6 is 0 Å². The number of allylic oxidation sites excluding steroid dienone is 2. The molecule has 0 amide bonds. The maximum Gasteiger partial charge on any atom is 0.143 e. The van der Waals surface area contributed by atoms with Crippen LogP contribution in [0.5, 0.6) is 0 Å². The molecule has 0 radical (unpaired) electrons. The van der Waals surface area contributed by atoms with E-state index in [0.29, 0.717) is 0 Å². The normalized spacial score (nSPS) is 15.2. The highest BCUT2D eigenvalue weighted by molar-refractivity contribution is 6.12. The first-order valence-electron chi connectivity index (χ1n) is 23.3. The number of hydrogen-bond donors (Lipinski definition) is 0. The molecule has 2 aliphatic rings. The van der Waals surface area contributed by atoms with Crippen LogP contribution in [-0.2, 0) is 0 Å². The Morgan fingerprint density at radius 1 is 0.449 bits per heavy atom. The van der Waals surface area contributed by atoms with Crippen LogP contribution in [0.2, 0.25) is 0 Å². The van der Waals surface area contributed by atoms with Crippen LogP contribution < -0.4 is 4.90 Å². The van der Waals surface area contributed by atoms with Crippen LogP contribution in [-0.4, -0.2) is 30.5 Å². The second-order valence-electron chi connectivity index (χ2n) is 17.7. The van der Waals surface area contributed by atoms with Crippen molar-refractivity contribution < 1.29 is 4.42 Å². The predicted octanol–water partition coefficient (Wildman–Crippen LogP) is 15.2. The molecule has 12 aromatic rings. The minimum Gasteiger partial charge on any atom is -0.455 e. The number of hydrogen-bond acceptors (Lipinski definition) is 6. The van der Waals surface area contributed by atoms with Gasteiger partial charge in [0.1, 0.15) is 11.2 Å². The lowest BCUT2D eigenvalue weighted by Gasteiger charge is -2.29. The Morgan fingerprint density at radius 2 is 1.16 bits per heavy atom. The molecule has 6 aromatic carbocycles. The van der Waals surface area contributed by atoms with Crippen molar-refractivity contribution in [2.45, 2.75) is 12.0 Å². The summed E-state index contributed by atoms with van der Waals surface area (Å²) in [5.41, 5.74) is 19.9. The zero-order valence-electron chi connectivity index (χ0n) is 37.2. The maximum atomic E-state index is 6.83. The van der Waals surface area contributed by atoms with E-state index in [0.717, 1.165) is 117 Å². The van der Waals surface area contributed by atoms with Crippen molar-refractivity contribution in [3.63, 3.8) is 0 Å². The van der Waals surface area contributed by atoms with Gasteiger partial charge in [-0.3, -0.25) is 19.9 Å². The van der Waals surface area contributed by atoms with E-state index in [1.807, 2.05) is 61.2 Å². The Kier molecular flexibility index (Phi) is 8.89. The minimum atomic E-state index is 0.0552. The zero-order chi connectivity index (χ0) is 45.4. The lowest BCUT2D eigenvalue weighted by molar-refractivity contribution is 0.670. The van der Waals surface area contributed by atoms with E-state index in [1.165, 1.54) is 5.57 Å². The van der Waals surface area contributed by atoms with Crippen molar-refractivity contribution in [2.24, 2.45) is 0 Å². The van der Waals surface area contributed by atoms with Crippen molar-refractivity contribution in [1.29, 1.82) is 0 Å². The number of furan rings is 1. The Labute approximate surface area is 397 Å². The van der Waals surface area contributed by atoms with Crippen LogP contribution in [0.3, 0.4) is 0 Å². The molecule has 7 heterocycles. The molecule has 69 heavy (non-hydrogen) atoms. The van der Waals surface area contributed by atoms with Gasteiger partial charge in [0.05, 0.1) is 45.4 Å². The summed E-state index contributed by atoms with van der Waals surface area (Å²) in [6.45, 7) is 0. The van der Waals surface area contributed by atoms with Gasteiger partial charge in [-0.05, 0) is 119 Å². The second kappa shape index (κ2) is 15.7. The molecule has 2 unspecified atom stereocenters. The summed E-state index contributed by atoms with van der Waals surface area (Å²) in [7, 11) is 0. The molecule has 7 nitrogen and oxygen atoms in total. The maximum absolute atomic E-state index is 6.83. The highest BCUT2D eigenvalue weighted by atomic mass is 16.3. The number of pyridine rings is 4. The third-order valence-corrected chi connectivity index (χ3v) is 13.9. The smallest absolute Gasteiger partial charge is 0.143 e. The Bertz CT molecular complexity index is 4060. The number of rotatable bonds is 7. The third-order valence-electron chi connectivity index (χ3n) is 13.9. The molecule has 0 N–H and O–H groups in total. The van der Waals surface area contributed by atoms with Crippen LogP contribution in [0.15, 0.2) is 235 Å². The largest absolute Gasteiger partial charge is 0.455 e. The van der Waals surface area contributed by atoms with Gasteiger partial charge >= 0.3 is 0 Å². The molecule has 0 bridgehead atoms. The van der Waals surface area contributed by atoms with Gasteiger partial charge in [-0.2, -0.15) is 0 Å². The molecule has 0 saturated carbocycles. The van der Waals surface area contributed by atoms with E-state index in [-0.39, 0.29) is 12.0 Å². The predicted molar refractivity (Wildman–Crippen MR) is 280 cm³/mol. The van der Waals surface area contributed by atoms with Crippen LogP contribution in [0, 0.1) is 0 Å². The van der Waals surface area contributed by atoms with E-state index in [9.17, 15) is 0 Å². The van der Waals surface area contributed by atoms with E-state index in [2.05, 4.69) is 184 Å². The Morgan fingerprint density at radius 3 is 1.99 bits per heavy atom. The fourth-order valence-electron chi connectivity index (χ4n) is 10.9.